The maximum atomic E-state index is 2.43. The molecule has 1 saturated heterocycles. The Morgan fingerprint density at radius 2 is 1.92 bits per heavy atom. The van der Waals surface area contributed by atoms with Gasteiger partial charge in [-0.05, 0) is 53.9 Å². The van der Waals surface area contributed by atoms with E-state index in [0.29, 0.717) is 5.54 Å². The van der Waals surface area contributed by atoms with E-state index in [0.717, 1.165) is 5.92 Å². The Labute approximate surface area is 76.5 Å². The molecule has 1 heterocycles. The zero-order valence-electron chi connectivity index (χ0n) is 9.09. The van der Waals surface area contributed by atoms with E-state index >= 15 is 0 Å². The Morgan fingerprint density at radius 3 is 2.25 bits per heavy atom. The molecule has 0 bridgehead atoms. The van der Waals surface area contributed by atoms with Crippen LogP contribution in [0.2, 0.25) is 0 Å². The summed E-state index contributed by atoms with van der Waals surface area (Å²) in [5.74, 6) is 0.831. The highest BCUT2D eigenvalue weighted by atomic mass is 15.2. The third kappa shape index (κ3) is 1.80. The van der Waals surface area contributed by atoms with Gasteiger partial charge >= 0.3 is 0 Å². The zero-order chi connectivity index (χ0) is 9.35. The molecule has 0 aromatic rings. The van der Waals surface area contributed by atoms with Gasteiger partial charge < -0.3 is 9.80 Å². The second-order valence-corrected chi connectivity index (χ2v) is 4.80. The molecule has 2 heteroatoms. The molecule has 1 rings (SSSR count). The first kappa shape index (κ1) is 10.0. The summed E-state index contributed by atoms with van der Waals surface area (Å²) in [6.07, 6.45) is 1.35. The van der Waals surface area contributed by atoms with Crippen molar-refractivity contribution in [1.82, 2.24) is 9.80 Å². The highest BCUT2D eigenvalue weighted by Gasteiger charge is 2.35. The van der Waals surface area contributed by atoms with Crippen molar-refractivity contribution in [2.45, 2.75) is 25.8 Å². The van der Waals surface area contributed by atoms with Crippen molar-refractivity contribution in [2.75, 3.05) is 34.2 Å². The lowest BCUT2D eigenvalue weighted by Crippen LogP contribution is -2.45. The summed E-state index contributed by atoms with van der Waals surface area (Å²) in [5, 5.41) is 0. The Morgan fingerprint density at radius 1 is 1.33 bits per heavy atom. The molecule has 1 atom stereocenters. The minimum absolute atomic E-state index is 0.352. The summed E-state index contributed by atoms with van der Waals surface area (Å²) >= 11 is 0. The van der Waals surface area contributed by atoms with Gasteiger partial charge in [-0.25, -0.2) is 0 Å². The third-order valence-electron chi connectivity index (χ3n) is 3.54. The lowest BCUT2D eigenvalue weighted by molar-refractivity contribution is 0.120. The van der Waals surface area contributed by atoms with Crippen molar-refractivity contribution in [2.24, 2.45) is 5.92 Å². The van der Waals surface area contributed by atoms with Crippen LogP contribution in [-0.4, -0.2) is 49.6 Å². The maximum absolute atomic E-state index is 2.43. The molecule has 0 spiro atoms. The molecule has 72 valence electrons. The smallest absolute Gasteiger partial charge is 0.0187 e. The van der Waals surface area contributed by atoms with E-state index in [1.54, 1.807) is 0 Å². The van der Waals surface area contributed by atoms with E-state index in [1.165, 1.54) is 19.5 Å². The Hall–Kier alpha value is -0.0800. The van der Waals surface area contributed by atoms with Gasteiger partial charge in [0.2, 0.25) is 0 Å². The Bertz CT molecular complexity index is 152. The van der Waals surface area contributed by atoms with E-state index < -0.39 is 0 Å². The second-order valence-electron chi connectivity index (χ2n) is 4.80. The SMILES string of the molecule is CN1CCC(C(C)(C)N(C)C)C1. The normalized spacial score (nSPS) is 27.0. The minimum Gasteiger partial charge on any atom is -0.306 e. The molecule has 2 nitrogen and oxygen atoms in total. The molecular weight excluding hydrogens is 148 g/mol. The molecule has 0 N–H and O–H groups in total. The van der Waals surface area contributed by atoms with E-state index in [-0.39, 0.29) is 0 Å². The summed E-state index contributed by atoms with van der Waals surface area (Å²) < 4.78 is 0. The fourth-order valence-electron chi connectivity index (χ4n) is 1.88. The Kier molecular flexibility index (Phi) is 2.79. The molecule has 0 aromatic heterocycles. The molecule has 0 radical (unpaired) electrons. The van der Waals surface area contributed by atoms with Crippen LogP contribution in [0.5, 0.6) is 0 Å². The van der Waals surface area contributed by atoms with E-state index in [4.69, 9.17) is 0 Å². The fourth-order valence-corrected chi connectivity index (χ4v) is 1.88. The van der Waals surface area contributed by atoms with Gasteiger partial charge in [-0.15, -0.1) is 0 Å². The third-order valence-corrected chi connectivity index (χ3v) is 3.54. The number of rotatable bonds is 2. The highest BCUT2D eigenvalue weighted by molar-refractivity contribution is 4.91. The quantitative estimate of drug-likeness (QED) is 0.616. The van der Waals surface area contributed by atoms with Crippen LogP contribution in [0.4, 0.5) is 0 Å². The van der Waals surface area contributed by atoms with E-state index in [2.05, 4.69) is 44.8 Å². The topological polar surface area (TPSA) is 6.48 Å². The first-order valence-electron chi connectivity index (χ1n) is 4.80. The molecule has 0 aromatic carbocycles. The van der Waals surface area contributed by atoms with Gasteiger partial charge in [-0.2, -0.15) is 0 Å². The predicted molar refractivity (Wildman–Crippen MR) is 53.4 cm³/mol. The first-order valence-corrected chi connectivity index (χ1v) is 4.80. The van der Waals surface area contributed by atoms with Crippen molar-refractivity contribution in [3.05, 3.63) is 0 Å². The van der Waals surface area contributed by atoms with Gasteiger partial charge in [0.25, 0.3) is 0 Å². The summed E-state index contributed by atoms with van der Waals surface area (Å²) in [7, 11) is 6.57. The Balaban J connectivity index is 2.57. The van der Waals surface area contributed by atoms with Crippen LogP contribution in [0.1, 0.15) is 20.3 Å². The molecule has 0 amide bonds. The van der Waals surface area contributed by atoms with Crippen LogP contribution in [-0.2, 0) is 0 Å². The maximum Gasteiger partial charge on any atom is 0.0187 e. The lowest BCUT2D eigenvalue weighted by atomic mass is 9.86. The largest absolute Gasteiger partial charge is 0.306 e. The summed E-state index contributed by atoms with van der Waals surface area (Å²) in [6, 6.07) is 0. The average molecular weight is 170 g/mol. The second kappa shape index (κ2) is 3.35. The number of hydrogen-bond donors (Lipinski definition) is 0. The first-order chi connectivity index (χ1) is 5.44. The molecule has 1 aliphatic rings. The highest BCUT2D eigenvalue weighted by Crippen LogP contribution is 2.29. The summed E-state index contributed by atoms with van der Waals surface area (Å²) in [6.45, 7) is 7.21. The average Bonchev–Trinajstić information content (AvgIpc) is 2.35. The van der Waals surface area contributed by atoms with Gasteiger partial charge in [-0.3, -0.25) is 0 Å². The molecule has 1 aliphatic heterocycles. The van der Waals surface area contributed by atoms with Crippen molar-refractivity contribution in [3.8, 4) is 0 Å². The summed E-state index contributed by atoms with van der Waals surface area (Å²) in [5.41, 5.74) is 0.352. The van der Waals surface area contributed by atoms with Crippen molar-refractivity contribution in [1.29, 1.82) is 0 Å². The number of hydrogen-bond acceptors (Lipinski definition) is 2. The van der Waals surface area contributed by atoms with Crippen LogP contribution >= 0.6 is 0 Å². The zero-order valence-corrected chi connectivity index (χ0v) is 9.09. The van der Waals surface area contributed by atoms with Crippen LogP contribution in [0.3, 0.4) is 0 Å². The van der Waals surface area contributed by atoms with E-state index in [9.17, 15) is 0 Å². The minimum atomic E-state index is 0.352. The van der Waals surface area contributed by atoms with Crippen molar-refractivity contribution >= 4 is 0 Å². The van der Waals surface area contributed by atoms with Crippen LogP contribution in [0, 0.1) is 5.92 Å². The van der Waals surface area contributed by atoms with Crippen molar-refractivity contribution in [3.63, 3.8) is 0 Å². The lowest BCUT2D eigenvalue weighted by Gasteiger charge is -2.38. The fraction of sp³-hybridized carbons (Fsp3) is 1.00. The standard InChI is InChI=1S/C10H22N2/c1-10(2,11(3)4)9-6-7-12(5)8-9/h9H,6-8H2,1-5H3. The van der Waals surface area contributed by atoms with Gasteiger partial charge in [0.1, 0.15) is 0 Å². The molecule has 0 aliphatic carbocycles. The van der Waals surface area contributed by atoms with Gasteiger partial charge in [0.15, 0.2) is 0 Å². The van der Waals surface area contributed by atoms with Crippen LogP contribution < -0.4 is 0 Å². The van der Waals surface area contributed by atoms with Gasteiger partial charge in [0, 0.05) is 12.1 Å². The summed E-state index contributed by atoms with van der Waals surface area (Å²) in [4.78, 5) is 4.77. The van der Waals surface area contributed by atoms with Crippen LogP contribution in [0.15, 0.2) is 0 Å². The molecule has 1 fully saturated rings. The molecule has 12 heavy (non-hydrogen) atoms. The monoisotopic (exact) mass is 170 g/mol. The molecule has 0 saturated carbocycles. The van der Waals surface area contributed by atoms with Crippen LogP contribution in [0.25, 0.3) is 0 Å². The van der Waals surface area contributed by atoms with Crippen molar-refractivity contribution < 1.29 is 0 Å². The number of likely N-dealkylation sites (tertiary alicyclic amines) is 1. The molecule has 1 unspecified atom stereocenters. The molecular formula is C10H22N2. The number of nitrogens with zero attached hydrogens (tertiary/aromatic N) is 2. The van der Waals surface area contributed by atoms with Gasteiger partial charge in [0.05, 0.1) is 0 Å². The predicted octanol–water partition coefficient (Wildman–Crippen LogP) is 1.28. The van der Waals surface area contributed by atoms with Gasteiger partial charge in [-0.1, -0.05) is 0 Å². The van der Waals surface area contributed by atoms with E-state index in [1.807, 2.05) is 0 Å².